The molecule has 1 rings (SSSR count). The number of unbranched alkanes of at least 4 members (excludes halogenated alkanes) is 5. The van der Waals surface area contributed by atoms with E-state index in [2.05, 4.69) is 6.92 Å². The Labute approximate surface area is 140 Å². The van der Waals surface area contributed by atoms with Crippen molar-refractivity contribution in [3.8, 4) is 0 Å². The number of carbonyl (C=O) groups is 1. The standard InChI is InChI=1S/C19H34O4/c1-2-3-4-5-6-7-10-17(20)12-11-16-9-8-13-19(23,14-16)15-18(21)22/h11-12,16-17,20,23H,2-10,13-15H2,1H3,(H,21,22)/b12-11+/t16-,17?,19+/m1/s1. The molecule has 0 spiro atoms. The summed E-state index contributed by atoms with van der Waals surface area (Å²) >= 11 is 0. The van der Waals surface area contributed by atoms with E-state index >= 15 is 0 Å². The first-order valence-electron chi connectivity index (χ1n) is 9.26. The molecule has 0 radical (unpaired) electrons. The molecule has 134 valence electrons. The normalized spacial score (nSPS) is 26.5. The number of aliphatic hydroxyl groups is 2. The lowest BCUT2D eigenvalue weighted by Gasteiger charge is -2.34. The van der Waals surface area contributed by atoms with Crippen LogP contribution in [0.1, 0.15) is 84.0 Å². The van der Waals surface area contributed by atoms with Crippen molar-refractivity contribution in [2.24, 2.45) is 5.92 Å². The van der Waals surface area contributed by atoms with Crippen molar-refractivity contribution in [2.45, 2.75) is 95.7 Å². The molecule has 1 aliphatic rings. The van der Waals surface area contributed by atoms with Gasteiger partial charge in [0.25, 0.3) is 0 Å². The quantitative estimate of drug-likeness (QED) is 0.395. The molecule has 0 aromatic rings. The Hall–Kier alpha value is -0.870. The van der Waals surface area contributed by atoms with Crippen LogP contribution in [0.2, 0.25) is 0 Å². The zero-order valence-corrected chi connectivity index (χ0v) is 14.5. The Kier molecular flexibility index (Phi) is 9.49. The number of allylic oxidation sites excluding steroid dienone is 1. The van der Waals surface area contributed by atoms with E-state index in [0.717, 1.165) is 25.7 Å². The molecule has 0 bridgehead atoms. The molecule has 3 N–H and O–H groups in total. The minimum absolute atomic E-state index is 0.173. The lowest BCUT2D eigenvalue weighted by atomic mass is 9.76. The van der Waals surface area contributed by atoms with E-state index in [9.17, 15) is 15.0 Å². The van der Waals surface area contributed by atoms with Crippen molar-refractivity contribution >= 4 is 5.97 Å². The molecule has 3 atom stereocenters. The lowest BCUT2D eigenvalue weighted by Crippen LogP contribution is -2.37. The fourth-order valence-electron chi connectivity index (χ4n) is 3.51. The highest BCUT2D eigenvalue weighted by molar-refractivity contribution is 5.68. The van der Waals surface area contributed by atoms with E-state index in [4.69, 9.17) is 5.11 Å². The van der Waals surface area contributed by atoms with Crippen LogP contribution < -0.4 is 0 Å². The first-order chi connectivity index (χ1) is 10.9. The molecule has 0 heterocycles. The molecule has 23 heavy (non-hydrogen) atoms. The maximum atomic E-state index is 10.8. The SMILES string of the molecule is CCCCCCCCC(O)/C=C/[C@H]1CCC[C@@](O)(CC(=O)O)C1. The number of rotatable bonds is 11. The second-order valence-electron chi connectivity index (χ2n) is 7.16. The molecule has 0 aliphatic heterocycles. The number of aliphatic hydroxyl groups excluding tert-OH is 1. The third kappa shape index (κ3) is 9.11. The Bertz CT molecular complexity index is 366. The highest BCUT2D eigenvalue weighted by Gasteiger charge is 2.35. The van der Waals surface area contributed by atoms with Gasteiger partial charge < -0.3 is 15.3 Å². The Balaban J connectivity index is 2.25. The maximum Gasteiger partial charge on any atom is 0.306 e. The first-order valence-corrected chi connectivity index (χ1v) is 9.26. The van der Waals surface area contributed by atoms with Gasteiger partial charge in [0.1, 0.15) is 0 Å². The van der Waals surface area contributed by atoms with Crippen LogP contribution in [0, 0.1) is 5.92 Å². The average molecular weight is 326 g/mol. The van der Waals surface area contributed by atoms with Crippen molar-refractivity contribution in [3.63, 3.8) is 0 Å². The van der Waals surface area contributed by atoms with Crippen LogP contribution in [0.3, 0.4) is 0 Å². The van der Waals surface area contributed by atoms with Crippen molar-refractivity contribution in [1.29, 1.82) is 0 Å². The van der Waals surface area contributed by atoms with E-state index in [1.807, 2.05) is 12.2 Å². The molecule has 1 unspecified atom stereocenters. The van der Waals surface area contributed by atoms with E-state index in [1.165, 1.54) is 32.1 Å². The molecule has 0 amide bonds. The van der Waals surface area contributed by atoms with Crippen molar-refractivity contribution in [1.82, 2.24) is 0 Å². The summed E-state index contributed by atoms with van der Waals surface area (Å²) in [5.41, 5.74) is -1.08. The van der Waals surface area contributed by atoms with Gasteiger partial charge in [-0.15, -0.1) is 0 Å². The molecule has 1 fully saturated rings. The largest absolute Gasteiger partial charge is 0.481 e. The van der Waals surface area contributed by atoms with Crippen molar-refractivity contribution in [2.75, 3.05) is 0 Å². The van der Waals surface area contributed by atoms with Gasteiger partial charge in [-0.05, 0) is 38.0 Å². The van der Waals surface area contributed by atoms with E-state index in [1.54, 1.807) is 0 Å². The molecule has 4 heteroatoms. The predicted molar refractivity (Wildman–Crippen MR) is 92.3 cm³/mol. The molecule has 0 aromatic heterocycles. The van der Waals surface area contributed by atoms with E-state index in [0.29, 0.717) is 12.8 Å². The number of hydrogen-bond donors (Lipinski definition) is 3. The Morgan fingerprint density at radius 2 is 1.96 bits per heavy atom. The monoisotopic (exact) mass is 326 g/mol. The summed E-state index contributed by atoms with van der Waals surface area (Å²) < 4.78 is 0. The van der Waals surface area contributed by atoms with Crippen LogP contribution in [0.15, 0.2) is 12.2 Å². The van der Waals surface area contributed by atoms with Gasteiger partial charge in [-0.3, -0.25) is 4.79 Å². The van der Waals surface area contributed by atoms with E-state index in [-0.39, 0.29) is 12.3 Å². The Morgan fingerprint density at radius 1 is 1.26 bits per heavy atom. The number of aliphatic carboxylic acids is 1. The van der Waals surface area contributed by atoms with Crippen LogP contribution in [-0.2, 0) is 4.79 Å². The predicted octanol–water partition coefficient (Wildman–Crippen LogP) is 4.05. The number of carboxylic acids is 1. The summed E-state index contributed by atoms with van der Waals surface area (Å²) in [6, 6.07) is 0. The molecule has 1 aliphatic carbocycles. The second kappa shape index (κ2) is 10.8. The summed E-state index contributed by atoms with van der Waals surface area (Å²) in [4.78, 5) is 10.8. The third-order valence-electron chi connectivity index (χ3n) is 4.80. The van der Waals surface area contributed by atoms with Gasteiger partial charge in [-0.1, -0.05) is 57.6 Å². The van der Waals surface area contributed by atoms with Gasteiger partial charge in [0, 0.05) is 0 Å². The van der Waals surface area contributed by atoms with E-state index < -0.39 is 17.7 Å². The highest BCUT2D eigenvalue weighted by atomic mass is 16.4. The minimum Gasteiger partial charge on any atom is -0.481 e. The summed E-state index contributed by atoms with van der Waals surface area (Å²) in [5, 5.41) is 29.3. The molecule has 0 saturated heterocycles. The lowest BCUT2D eigenvalue weighted by molar-refractivity contribution is -0.144. The maximum absolute atomic E-state index is 10.8. The second-order valence-corrected chi connectivity index (χ2v) is 7.16. The summed E-state index contributed by atoms with van der Waals surface area (Å²) in [6.45, 7) is 2.21. The molecular weight excluding hydrogens is 292 g/mol. The fraction of sp³-hybridized carbons (Fsp3) is 0.842. The van der Waals surface area contributed by atoms with Crippen molar-refractivity contribution < 1.29 is 20.1 Å². The van der Waals surface area contributed by atoms with Gasteiger partial charge in [0.15, 0.2) is 0 Å². The summed E-state index contributed by atoms with van der Waals surface area (Å²) in [5.74, 6) is -0.771. The van der Waals surface area contributed by atoms with Crippen LogP contribution >= 0.6 is 0 Å². The zero-order chi connectivity index (χ0) is 17.1. The molecular formula is C19H34O4. The van der Waals surface area contributed by atoms with Gasteiger partial charge in [0.2, 0.25) is 0 Å². The van der Waals surface area contributed by atoms with Crippen LogP contribution in [0.25, 0.3) is 0 Å². The highest BCUT2D eigenvalue weighted by Crippen LogP contribution is 2.35. The van der Waals surface area contributed by atoms with Crippen molar-refractivity contribution in [3.05, 3.63) is 12.2 Å². The van der Waals surface area contributed by atoms with Gasteiger partial charge in [-0.2, -0.15) is 0 Å². The average Bonchev–Trinajstić information content (AvgIpc) is 2.47. The topological polar surface area (TPSA) is 77.8 Å². The fourth-order valence-corrected chi connectivity index (χ4v) is 3.51. The number of hydrogen-bond acceptors (Lipinski definition) is 3. The van der Waals surface area contributed by atoms with Gasteiger partial charge >= 0.3 is 5.97 Å². The smallest absolute Gasteiger partial charge is 0.306 e. The van der Waals surface area contributed by atoms with Gasteiger partial charge in [-0.25, -0.2) is 0 Å². The molecule has 4 nitrogen and oxygen atoms in total. The molecule has 0 aromatic carbocycles. The zero-order valence-electron chi connectivity index (χ0n) is 14.5. The molecule has 1 saturated carbocycles. The minimum atomic E-state index is -1.08. The summed E-state index contributed by atoms with van der Waals surface area (Å²) in [7, 11) is 0. The Morgan fingerprint density at radius 3 is 2.65 bits per heavy atom. The third-order valence-corrected chi connectivity index (χ3v) is 4.80. The van der Waals surface area contributed by atoms with Crippen LogP contribution in [0.4, 0.5) is 0 Å². The van der Waals surface area contributed by atoms with Gasteiger partial charge in [0.05, 0.1) is 18.1 Å². The number of carboxylic acid groups (broad SMARTS) is 1. The van der Waals surface area contributed by atoms with Crippen LogP contribution in [0.5, 0.6) is 0 Å². The van der Waals surface area contributed by atoms with Crippen LogP contribution in [-0.4, -0.2) is 33.0 Å². The summed E-state index contributed by atoms with van der Waals surface area (Å²) in [6.07, 6.45) is 14.1. The first kappa shape index (κ1) is 20.2.